The molecule has 2 aromatic heterocycles. The van der Waals surface area contributed by atoms with Gasteiger partial charge in [0.15, 0.2) is 31.3 Å². The monoisotopic (exact) mass is 540 g/mol. The summed E-state index contributed by atoms with van der Waals surface area (Å²) in [6, 6.07) is 8.78. The van der Waals surface area contributed by atoms with Gasteiger partial charge in [0.05, 0.1) is 0 Å². The van der Waals surface area contributed by atoms with E-state index < -0.39 is 0 Å². The molecule has 1 atom stereocenters. The summed E-state index contributed by atoms with van der Waals surface area (Å²) in [4.78, 5) is 3.10. The maximum atomic E-state index is 3.10. The van der Waals surface area contributed by atoms with Gasteiger partial charge in [-0.25, -0.2) is 9.55 Å². The molecular formula is C26H42Br2N2. The van der Waals surface area contributed by atoms with Gasteiger partial charge in [-0.2, -0.15) is 0 Å². The van der Waals surface area contributed by atoms with Gasteiger partial charge in [0.2, 0.25) is 0 Å². The van der Waals surface area contributed by atoms with E-state index in [1.165, 1.54) is 94.7 Å². The molecule has 0 aliphatic rings. The molecule has 0 aromatic carbocycles. The summed E-state index contributed by atoms with van der Waals surface area (Å²) in [7, 11) is 0. The highest BCUT2D eigenvalue weighted by atomic mass is 79.9. The lowest BCUT2D eigenvalue weighted by Crippen LogP contribution is -3.00. The van der Waals surface area contributed by atoms with Crippen LogP contribution in [-0.4, -0.2) is 0 Å². The average molecular weight is 542 g/mol. The van der Waals surface area contributed by atoms with Gasteiger partial charge >= 0.3 is 0 Å². The molecule has 30 heavy (non-hydrogen) atoms. The number of rotatable bonds is 15. The fourth-order valence-corrected chi connectivity index (χ4v) is 4.05. The first kappa shape index (κ1) is 29.3. The first-order chi connectivity index (χ1) is 13.8. The molecule has 0 fully saturated rings. The summed E-state index contributed by atoms with van der Waals surface area (Å²) in [5.41, 5.74) is 2.56. The predicted molar refractivity (Wildman–Crippen MR) is 119 cm³/mol. The minimum atomic E-state index is 0. The molecule has 1 N–H and O–H groups in total. The molecular weight excluding hydrogens is 500 g/mol. The Balaban J connectivity index is 0.00000420. The lowest BCUT2D eigenvalue weighted by atomic mass is 9.94. The summed E-state index contributed by atoms with van der Waals surface area (Å²) in [6.45, 7) is 5.77. The van der Waals surface area contributed by atoms with E-state index in [9.17, 15) is 0 Å². The Morgan fingerprint density at radius 1 is 0.667 bits per heavy atom. The third-order valence-electron chi connectivity index (χ3n) is 5.84. The largest absolute Gasteiger partial charge is 1.00 e. The van der Waals surface area contributed by atoms with Crippen LogP contribution in [0.4, 0.5) is 0 Å². The van der Waals surface area contributed by atoms with Crippen molar-refractivity contribution in [3.8, 4) is 11.1 Å². The van der Waals surface area contributed by atoms with Gasteiger partial charge < -0.3 is 34.0 Å². The third kappa shape index (κ3) is 12.2. The molecule has 0 spiro atoms. The van der Waals surface area contributed by atoms with Crippen LogP contribution in [0, 0.1) is 5.92 Å². The molecule has 1 unspecified atom stereocenters. The fraction of sp³-hybridized carbons (Fsp3) is 0.615. The second-order valence-electron chi connectivity index (χ2n) is 8.34. The molecule has 2 heterocycles. The van der Waals surface area contributed by atoms with Crippen LogP contribution < -0.4 is 43.5 Å². The maximum absolute atomic E-state index is 3.10. The van der Waals surface area contributed by atoms with Crippen molar-refractivity contribution in [1.82, 2.24) is 0 Å². The Morgan fingerprint density at radius 3 is 1.70 bits per heavy atom. The molecule has 170 valence electrons. The molecule has 2 rings (SSSR count). The van der Waals surface area contributed by atoms with Crippen LogP contribution in [0.2, 0.25) is 0 Å². The van der Waals surface area contributed by atoms with E-state index in [2.05, 4.69) is 60.1 Å². The molecule has 2 nitrogen and oxygen atoms in total. The molecule has 0 radical (unpaired) electrons. The molecule has 0 amide bonds. The van der Waals surface area contributed by atoms with Crippen molar-refractivity contribution in [2.45, 2.75) is 97.4 Å². The predicted octanol–water partition coefficient (Wildman–Crippen LogP) is 0.800. The topological polar surface area (TPSA) is 18.0 Å². The van der Waals surface area contributed by atoms with E-state index in [-0.39, 0.29) is 34.0 Å². The van der Waals surface area contributed by atoms with Crippen LogP contribution in [0.5, 0.6) is 0 Å². The van der Waals surface area contributed by atoms with Crippen LogP contribution >= 0.6 is 0 Å². The summed E-state index contributed by atoms with van der Waals surface area (Å²) in [5, 5.41) is 0. The van der Waals surface area contributed by atoms with Gasteiger partial charge in [0.25, 0.3) is 0 Å². The molecule has 2 aromatic rings. The molecule has 0 bridgehead atoms. The van der Waals surface area contributed by atoms with Crippen molar-refractivity contribution < 1.29 is 43.5 Å². The van der Waals surface area contributed by atoms with Crippen LogP contribution in [-0.2, 0) is 6.54 Å². The number of pyridine rings is 2. The van der Waals surface area contributed by atoms with Crippen molar-refractivity contribution >= 4 is 0 Å². The fourth-order valence-electron chi connectivity index (χ4n) is 4.05. The number of hydrogen-bond donors (Lipinski definition) is 0. The Labute approximate surface area is 206 Å². The zero-order valence-electron chi connectivity index (χ0n) is 19.1. The van der Waals surface area contributed by atoms with Gasteiger partial charge in [-0.15, -0.1) is 0 Å². The SMILES string of the molecule is CCCCCCCCC(CCCCCC)C[n+]1ccc(-c2cc[nH+]cc2)cc1.[Br-].[Br-]. The highest BCUT2D eigenvalue weighted by Crippen LogP contribution is 2.20. The number of unbranched alkanes of at least 4 members (excludes halogenated alkanes) is 8. The van der Waals surface area contributed by atoms with E-state index in [4.69, 9.17) is 0 Å². The van der Waals surface area contributed by atoms with Crippen molar-refractivity contribution in [2.75, 3.05) is 0 Å². The Morgan fingerprint density at radius 2 is 1.13 bits per heavy atom. The minimum absolute atomic E-state index is 0. The first-order valence-electron chi connectivity index (χ1n) is 11.8. The van der Waals surface area contributed by atoms with E-state index in [1.54, 1.807) is 0 Å². The maximum Gasteiger partial charge on any atom is 0.169 e. The Bertz CT molecular complexity index is 617. The van der Waals surface area contributed by atoms with Gasteiger partial charge in [-0.3, -0.25) is 0 Å². The molecule has 4 heteroatoms. The van der Waals surface area contributed by atoms with Gasteiger partial charge in [0.1, 0.15) is 0 Å². The van der Waals surface area contributed by atoms with Gasteiger partial charge in [0, 0.05) is 30.2 Å². The second-order valence-corrected chi connectivity index (χ2v) is 8.34. The second kappa shape index (κ2) is 19.0. The summed E-state index contributed by atoms with van der Waals surface area (Å²) in [6.07, 6.45) is 25.2. The van der Waals surface area contributed by atoms with Crippen LogP contribution in [0.1, 0.15) is 90.9 Å². The first-order valence-corrected chi connectivity index (χ1v) is 11.8. The number of nitrogens with zero attached hydrogens (tertiary/aromatic N) is 1. The van der Waals surface area contributed by atoms with Gasteiger partial charge in [-0.1, -0.05) is 78.1 Å². The molecule has 0 aliphatic heterocycles. The van der Waals surface area contributed by atoms with Crippen molar-refractivity contribution in [2.24, 2.45) is 5.92 Å². The standard InChI is InChI=1S/C26H41N2.2BrH/c1-3-5-7-9-10-12-14-24(13-11-8-6-4-2)23-28-21-17-26(18-22-28)25-15-19-27-20-16-25;;/h15-22,24H,3-14,23H2,1-2H3;2*1H/q+1;;/p-1. The highest BCUT2D eigenvalue weighted by Gasteiger charge is 2.14. The highest BCUT2D eigenvalue weighted by molar-refractivity contribution is 5.60. The minimum Gasteiger partial charge on any atom is -1.00 e. The van der Waals surface area contributed by atoms with E-state index in [0.29, 0.717) is 0 Å². The average Bonchev–Trinajstić information content (AvgIpc) is 2.74. The number of aromatic amines is 1. The lowest BCUT2D eigenvalue weighted by Gasteiger charge is -2.14. The van der Waals surface area contributed by atoms with Crippen LogP contribution in [0.15, 0.2) is 49.1 Å². The van der Waals surface area contributed by atoms with Crippen molar-refractivity contribution in [3.63, 3.8) is 0 Å². The molecule has 0 saturated heterocycles. The summed E-state index contributed by atoms with van der Waals surface area (Å²) in [5.74, 6) is 0.824. The van der Waals surface area contributed by atoms with E-state index >= 15 is 0 Å². The number of H-pyrrole nitrogens is 1. The molecule has 0 saturated carbocycles. The number of hydrogen-bond acceptors (Lipinski definition) is 0. The smallest absolute Gasteiger partial charge is 0.169 e. The van der Waals surface area contributed by atoms with E-state index in [0.717, 1.165) is 5.92 Å². The number of nitrogens with one attached hydrogen (secondary N) is 1. The number of halogens is 2. The summed E-state index contributed by atoms with van der Waals surface area (Å²) >= 11 is 0. The zero-order chi connectivity index (χ0) is 19.9. The summed E-state index contributed by atoms with van der Waals surface area (Å²) < 4.78 is 2.40. The lowest BCUT2D eigenvalue weighted by molar-refractivity contribution is -0.703. The van der Waals surface area contributed by atoms with Crippen LogP contribution in [0.25, 0.3) is 11.1 Å². The Hall–Kier alpha value is -0.740. The van der Waals surface area contributed by atoms with Crippen molar-refractivity contribution in [1.29, 1.82) is 0 Å². The third-order valence-corrected chi connectivity index (χ3v) is 5.84. The quantitative estimate of drug-likeness (QED) is 0.234. The van der Waals surface area contributed by atoms with Crippen molar-refractivity contribution in [3.05, 3.63) is 49.1 Å². The van der Waals surface area contributed by atoms with E-state index in [1.807, 2.05) is 12.4 Å². The zero-order valence-corrected chi connectivity index (χ0v) is 22.3. The Kier molecular flexibility index (Phi) is 18.5. The van der Waals surface area contributed by atoms with Gasteiger partial charge in [-0.05, 0) is 24.0 Å². The normalized spacial score (nSPS) is 11.4. The van der Waals surface area contributed by atoms with Crippen LogP contribution in [0.3, 0.4) is 0 Å². The number of aromatic nitrogens is 2. The molecule has 0 aliphatic carbocycles.